The Morgan fingerprint density at radius 3 is 2.57 bits per heavy atom. The second-order valence-corrected chi connectivity index (χ2v) is 8.07. The summed E-state index contributed by atoms with van der Waals surface area (Å²) in [5.74, 6) is -1.02. The van der Waals surface area contributed by atoms with Gasteiger partial charge in [-0.1, -0.05) is 41.6 Å². The Morgan fingerprint density at radius 1 is 1.20 bits per heavy atom. The summed E-state index contributed by atoms with van der Waals surface area (Å²) in [7, 11) is 0. The van der Waals surface area contributed by atoms with Gasteiger partial charge in [0.05, 0.1) is 11.9 Å². The van der Waals surface area contributed by atoms with Crippen LogP contribution in [0.3, 0.4) is 0 Å². The van der Waals surface area contributed by atoms with E-state index >= 15 is 0 Å². The highest BCUT2D eigenvalue weighted by Crippen LogP contribution is 2.24. The number of carbonyl (C=O) groups is 3. The van der Waals surface area contributed by atoms with E-state index in [-0.39, 0.29) is 30.1 Å². The van der Waals surface area contributed by atoms with Gasteiger partial charge in [0.15, 0.2) is 5.17 Å². The molecule has 1 unspecified atom stereocenters. The van der Waals surface area contributed by atoms with Crippen molar-refractivity contribution >= 4 is 40.4 Å². The van der Waals surface area contributed by atoms with Crippen molar-refractivity contribution < 1.29 is 19.1 Å². The number of hydrogen-bond acceptors (Lipinski definition) is 6. The normalized spacial score (nSPS) is 15.6. The highest BCUT2D eigenvalue weighted by molar-refractivity contribution is 8.15. The van der Waals surface area contributed by atoms with Crippen molar-refractivity contribution in [3.8, 4) is 0 Å². The summed E-state index contributed by atoms with van der Waals surface area (Å²) in [6, 6.07) is 14.3. The average Bonchev–Trinajstić information content (AvgIpc) is 3.03. The Hall–Kier alpha value is -3.13. The van der Waals surface area contributed by atoms with E-state index in [0.29, 0.717) is 17.7 Å². The molecule has 2 aromatic carbocycles. The van der Waals surface area contributed by atoms with Gasteiger partial charge in [-0.3, -0.25) is 24.7 Å². The molecule has 1 atom stereocenters. The Kier molecular flexibility index (Phi) is 6.89. The summed E-state index contributed by atoms with van der Waals surface area (Å²) in [6.45, 7) is 3.70. The number of amides is 2. The molecule has 1 aliphatic heterocycles. The zero-order chi connectivity index (χ0) is 21.7. The molecular formula is C22H23N3O4S. The van der Waals surface area contributed by atoms with E-state index in [1.165, 1.54) is 16.7 Å². The highest BCUT2D eigenvalue weighted by atomic mass is 32.2. The van der Waals surface area contributed by atoms with Crippen molar-refractivity contribution in [2.24, 2.45) is 0 Å². The first-order valence-corrected chi connectivity index (χ1v) is 10.4. The Labute approximate surface area is 179 Å². The van der Waals surface area contributed by atoms with Gasteiger partial charge in [0.2, 0.25) is 5.91 Å². The van der Waals surface area contributed by atoms with E-state index in [1.807, 2.05) is 25.1 Å². The van der Waals surface area contributed by atoms with Crippen molar-refractivity contribution in [1.29, 1.82) is 5.41 Å². The number of anilines is 1. The fourth-order valence-electron chi connectivity index (χ4n) is 3.09. The number of carbonyl (C=O) groups excluding carboxylic acids is 3. The van der Waals surface area contributed by atoms with Crippen LogP contribution in [-0.2, 0) is 20.7 Å². The topological polar surface area (TPSA) is 99.6 Å². The molecule has 8 heteroatoms. The monoisotopic (exact) mass is 425 g/mol. The Bertz CT molecular complexity index is 975. The van der Waals surface area contributed by atoms with E-state index in [2.05, 4.69) is 5.32 Å². The van der Waals surface area contributed by atoms with Crippen LogP contribution < -0.4 is 10.2 Å². The first kappa shape index (κ1) is 21.6. The third kappa shape index (κ3) is 5.27. The van der Waals surface area contributed by atoms with Crippen LogP contribution >= 0.6 is 11.8 Å². The van der Waals surface area contributed by atoms with Crippen LogP contribution in [0.1, 0.15) is 28.4 Å². The van der Waals surface area contributed by atoms with Gasteiger partial charge in [-0.05, 0) is 50.1 Å². The third-order valence-electron chi connectivity index (χ3n) is 4.57. The van der Waals surface area contributed by atoms with Gasteiger partial charge < -0.3 is 10.1 Å². The lowest BCUT2D eigenvalue weighted by Crippen LogP contribution is -2.36. The number of rotatable bonds is 7. The molecule has 0 radical (unpaired) electrons. The lowest BCUT2D eigenvalue weighted by atomic mass is 10.0. The maximum Gasteiger partial charge on any atom is 0.326 e. The fourth-order valence-corrected chi connectivity index (χ4v) is 3.98. The molecule has 0 spiro atoms. The maximum atomic E-state index is 13.3. The molecule has 156 valence electrons. The Morgan fingerprint density at radius 2 is 1.93 bits per heavy atom. The van der Waals surface area contributed by atoms with Crippen molar-refractivity contribution in [2.45, 2.75) is 25.5 Å². The summed E-state index contributed by atoms with van der Waals surface area (Å²) in [4.78, 5) is 38.7. The van der Waals surface area contributed by atoms with Crippen LogP contribution in [0, 0.1) is 12.3 Å². The molecule has 1 aliphatic rings. The number of hydrogen-bond donors (Lipinski definition) is 2. The summed E-state index contributed by atoms with van der Waals surface area (Å²) in [5, 5.41) is 9.80. The van der Waals surface area contributed by atoms with Crippen LogP contribution in [-0.4, -0.2) is 41.4 Å². The lowest BCUT2D eigenvalue weighted by molar-refractivity contribution is -0.141. The van der Waals surface area contributed by atoms with Gasteiger partial charge in [-0.15, -0.1) is 0 Å². The van der Waals surface area contributed by atoms with Crippen LogP contribution in [0.25, 0.3) is 0 Å². The number of esters is 1. The van der Waals surface area contributed by atoms with E-state index in [9.17, 15) is 14.4 Å². The molecule has 0 bridgehead atoms. The second kappa shape index (κ2) is 9.58. The summed E-state index contributed by atoms with van der Waals surface area (Å²) in [6.07, 6.45) is 0.405. The standard InChI is InChI=1S/C22H23N3O4S/c1-3-29-19(26)13-25(17-9-7-14(2)8-10-17)21(28)16-6-4-5-15(11-16)12-18-20(27)24-22(23)30-18/h4-11,18H,3,12-13H2,1-2H3,(H2,23,24,27). The molecule has 3 rings (SSSR count). The molecule has 0 saturated carbocycles. The molecule has 30 heavy (non-hydrogen) atoms. The molecule has 2 amide bonds. The maximum absolute atomic E-state index is 13.3. The zero-order valence-corrected chi connectivity index (χ0v) is 17.6. The molecule has 0 aliphatic carbocycles. The van der Waals surface area contributed by atoms with E-state index < -0.39 is 11.2 Å². The highest BCUT2D eigenvalue weighted by Gasteiger charge is 2.29. The van der Waals surface area contributed by atoms with Crippen molar-refractivity contribution in [3.05, 3.63) is 65.2 Å². The van der Waals surface area contributed by atoms with Crippen molar-refractivity contribution in [3.63, 3.8) is 0 Å². The number of nitrogens with zero attached hydrogens (tertiary/aromatic N) is 1. The number of nitrogens with one attached hydrogen (secondary N) is 2. The molecule has 0 aromatic heterocycles. The van der Waals surface area contributed by atoms with Gasteiger partial charge in [-0.25, -0.2) is 0 Å². The smallest absolute Gasteiger partial charge is 0.326 e. The predicted octanol–water partition coefficient (Wildman–Crippen LogP) is 2.91. The van der Waals surface area contributed by atoms with Crippen LogP contribution in [0.2, 0.25) is 0 Å². The first-order chi connectivity index (χ1) is 14.4. The number of aryl methyl sites for hydroxylation is 1. The van der Waals surface area contributed by atoms with Crippen LogP contribution in [0.4, 0.5) is 5.69 Å². The second-order valence-electron chi connectivity index (χ2n) is 6.86. The SMILES string of the molecule is CCOC(=O)CN(C(=O)c1cccc(CC2SC(=N)NC2=O)c1)c1ccc(C)cc1. The van der Waals surface area contributed by atoms with Crippen molar-refractivity contribution in [1.82, 2.24) is 5.32 Å². The summed E-state index contributed by atoms with van der Waals surface area (Å²) >= 11 is 1.17. The molecule has 1 saturated heterocycles. The predicted molar refractivity (Wildman–Crippen MR) is 117 cm³/mol. The third-order valence-corrected chi connectivity index (χ3v) is 5.57. The van der Waals surface area contributed by atoms with Crippen LogP contribution in [0.5, 0.6) is 0 Å². The van der Waals surface area contributed by atoms with Crippen LogP contribution in [0.15, 0.2) is 48.5 Å². The fraction of sp³-hybridized carbons (Fsp3) is 0.273. The quantitative estimate of drug-likeness (QED) is 0.665. The van der Waals surface area contributed by atoms with Crippen molar-refractivity contribution in [2.75, 3.05) is 18.1 Å². The van der Waals surface area contributed by atoms with E-state index in [0.717, 1.165) is 11.1 Å². The van der Waals surface area contributed by atoms with Gasteiger partial charge in [-0.2, -0.15) is 0 Å². The van der Waals surface area contributed by atoms with Gasteiger partial charge >= 0.3 is 5.97 Å². The summed E-state index contributed by atoms with van der Waals surface area (Å²) < 4.78 is 5.04. The molecule has 1 heterocycles. The van der Waals surface area contributed by atoms with E-state index in [4.69, 9.17) is 10.1 Å². The minimum atomic E-state index is -0.486. The number of ether oxygens (including phenoxy) is 1. The average molecular weight is 426 g/mol. The lowest BCUT2D eigenvalue weighted by Gasteiger charge is -2.22. The number of thioether (sulfide) groups is 1. The van der Waals surface area contributed by atoms with E-state index in [1.54, 1.807) is 37.3 Å². The number of benzene rings is 2. The van der Waals surface area contributed by atoms with Gasteiger partial charge in [0.1, 0.15) is 6.54 Å². The zero-order valence-electron chi connectivity index (χ0n) is 16.8. The van der Waals surface area contributed by atoms with Gasteiger partial charge in [0.25, 0.3) is 5.91 Å². The molecule has 2 aromatic rings. The number of amidine groups is 1. The minimum absolute atomic E-state index is 0.136. The minimum Gasteiger partial charge on any atom is -0.465 e. The van der Waals surface area contributed by atoms with Gasteiger partial charge in [0, 0.05) is 11.3 Å². The molecular weight excluding hydrogens is 402 g/mol. The summed E-state index contributed by atoms with van der Waals surface area (Å²) in [5.41, 5.74) is 2.87. The molecule has 2 N–H and O–H groups in total. The molecule has 7 nitrogen and oxygen atoms in total. The first-order valence-electron chi connectivity index (χ1n) is 9.56. The Balaban J connectivity index is 1.84. The molecule has 1 fully saturated rings. The largest absolute Gasteiger partial charge is 0.465 e.